The molecular weight excluding hydrogens is 388 g/mol. The number of ketones is 1. The van der Waals surface area contributed by atoms with Gasteiger partial charge < -0.3 is 0 Å². The molecule has 5 aliphatic rings. The van der Waals surface area contributed by atoms with Gasteiger partial charge in [0.05, 0.1) is 0 Å². The fourth-order valence-corrected chi connectivity index (χ4v) is 11.1. The van der Waals surface area contributed by atoms with Gasteiger partial charge in [0, 0.05) is 11.8 Å². The molecule has 5 rings (SSSR count). The zero-order chi connectivity index (χ0) is 23.3. The quantitative estimate of drug-likeness (QED) is 0.393. The summed E-state index contributed by atoms with van der Waals surface area (Å²) >= 11 is 0. The summed E-state index contributed by atoms with van der Waals surface area (Å²) in [6.07, 6.45) is 14.7. The fourth-order valence-electron chi connectivity index (χ4n) is 11.1. The van der Waals surface area contributed by atoms with Gasteiger partial charge in [-0.25, -0.2) is 0 Å². The predicted octanol–water partition coefficient (Wildman–Crippen LogP) is 8.62. The Morgan fingerprint density at radius 2 is 1.56 bits per heavy atom. The first-order chi connectivity index (χ1) is 14.9. The highest BCUT2D eigenvalue weighted by Gasteiger charge is 2.82. The number of carbonyl (C=O) groups excluding carboxylic acids is 1. The molecule has 9 atom stereocenters. The van der Waals surface area contributed by atoms with E-state index in [-0.39, 0.29) is 5.41 Å². The van der Waals surface area contributed by atoms with Crippen LogP contribution in [0.25, 0.3) is 0 Å². The molecule has 32 heavy (non-hydrogen) atoms. The summed E-state index contributed by atoms with van der Waals surface area (Å²) in [5.41, 5.74) is 3.37. The van der Waals surface area contributed by atoms with E-state index in [0.717, 1.165) is 24.2 Å². The molecule has 0 saturated heterocycles. The van der Waals surface area contributed by atoms with Crippen molar-refractivity contribution in [2.24, 2.45) is 56.7 Å². The van der Waals surface area contributed by atoms with Crippen molar-refractivity contribution in [1.82, 2.24) is 0 Å². The van der Waals surface area contributed by atoms with E-state index in [1.165, 1.54) is 69.8 Å². The SMILES string of the molecule is C=C(C)[C@H](C)CC[C@@H](C)[C@H]1CC[C@@]2(C)[C@@H]3CC[C@H]4C(C)(C)C(=O)CC[C@@]45C[C@@]35CC[C@]12C. The second-order valence-electron chi connectivity index (χ2n) is 14.6. The summed E-state index contributed by atoms with van der Waals surface area (Å²) in [7, 11) is 0. The van der Waals surface area contributed by atoms with E-state index in [1.807, 2.05) is 0 Å². The number of carbonyl (C=O) groups is 1. The van der Waals surface area contributed by atoms with Crippen LogP contribution in [0, 0.1) is 56.7 Å². The maximum Gasteiger partial charge on any atom is 0.138 e. The van der Waals surface area contributed by atoms with Gasteiger partial charge in [-0.1, -0.05) is 53.7 Å². The summed E-state index contributed by atoms with van der Waals surface area (Å²) < 4.78 is 0. The number of hydrogen-bond acceptors (Lipinski definition) is 1. The van der Waals surface area contributed by atoms with E-state index >= 15 is 0 Å². The molecule has 0 aromatic rings. The van der Waals surface area contributed by atoms with Crippen LogP contribution >= 0.6 is 0 Å². The molecule has 0 unspecified atom stereocenters. The largest absolute Gasteiger partial charge is 0.299 e. The topological polar surface area (TPSA) is 17.1 Å². The van der Waals surface area contributed by atoms with Crippen LogP contribution in [0.4, 0.5) is 0 Å². The van der Waals surface area contributed by atoms with Gasteiger partial charge in [0.25, 0.3) is 0 Å². The lowest BCUT2D eigenvalue weighted by Crippen LogP contribution is -2.57. The second-order valence-corrected chi connectivity index (χ2v) is 14.6. The summed E-state index contributed by atoms with van der Waals surface area (Å²) in [6.45, 7) is 21.4. The average Bonchev–Trinajstić information content (AvgIpc) is 3.31. The van der Waals surface area contributed by atoms with Gasteiger partial charge in [-0.2, -0.15) is 0 Å². The summed E-state index contributed by atoms with van der Waals surface area (Å²) in [5, 5.41) is 0. The highest BCUT2D eigenvalue weighted by molar-refractivity contribution is 5.86. The molecule has 0 aromatic carbocycles. The second kappa shape index (κ2) is 6.97. The minimum Gasteiger partial charge on any atom is -0.299 e. The van der Waals surface area contributed by atoms with Crippen molar-refractivity contribution in [2.75, 3.05) is 0 Å². The third-order valence-corrected chi connectivity index (χ3v) is 13.5. The van der Waals surface area contributed by atoms with Crippen molar-refractivity contribution >= 4 is 5.78 Å². The van der Waals surface area contributed by atoms with E-state index in [4.69, 9.17) is 0 Å². The Hall–Kier alpha value is -0.590. The van der Waals surface area contributed by atoms with Gasteiger partial charge in [-0.15, -0.1) is 0 Å². The molecule has 5 fully saturated rings. The average molecular weight is 439 g/mol. The minimum absolute atomic E-state index is 0.0823. The van der Waals surface area contributed by atoms with E-state index in [0.29, 0.717) is 39.3 Å². The van der Waals surface area contributed by atoms with Gasteiger partial charge in [0.1, 0.15) is 5.78 Å². The molecule has 1 nitrogen and oxygen atoms in total. The van der Waals surface area contributed by atoms with Crippen molar-refractivity contribution in [2.45, 2.75) is 119 Å². The third kappa shape index (κ3) is 2.66. The maximum absolute atomic E-state index is 12.8. The minimum atomic E-state index is -0.0823. The Morgan fingerprint density at radius 3 is 2.25 bits per heavy atom. The van der Waals surface area contributed by atoms with Crippen LogP contribution in [0.3, 0.4) is 0 Å². The zero-order valence-electron chi connectivity index (χ0n) is 22.3. The van der Waals surface area contributed by atoms with E-state index in [9.17, 15) is 4.79 Å². The molecule has 5 aliphatic carbocycles. The highest BCUT2D eigenvalue weighted by Crippen LogP contribution is 2.88. The summed E-state index contributed by atoms with van der Waals surface area (Å²) in [6, 6.07) is 0. The van der Waals surface area contributed by atoms with Crippen molar-refractivity contribution in [3.05, 3.63) is 12.2 Å². The Morgan fingerprint density at radius 1 is 0.906 bits per heavy atom. The normalized spacial score (nSPS) is 50.5. The van der Waals surface area contributed by atoms with Crippen molar-refractivity contribution in [3.8, 4) is 0 Å². The smallest absolute Gasteiger partial charge is 0.138 e. The molecule has 0 radical (unpaired) electrons. The first-order valence-corrected chi connectivity index (χ1v) is 14.0. The van der Waals surface area contributed by atoms with E-state index in [2.05, 4.69) is 55.0 Å². The van der Waals surface area contributed by atoms with Gasteiger partial charge in [0.15, 0.2) is 0 Å². The molecule has 2 spiro atoms. The van der Waals surface area contributed by atoms with Gasteiger partial charge in [0.2, 0.25) is 0 Å². The lowest BCUT2D eigenvalue weighted by atomic mass is 9.42. The first kappa shape index (κ1) is 23.2. The lowest BCUT2D eigenvalue weighted by molar-refractivity contribution is -0.157. The maximum atomic E-state index is 12.8. The summed E-state index contributed by atoms with van der Waals surface area (Å²) in [5.74, 6) is 4.49. The number of allylic oxidation sites excluding steroid dienone is 1. The summed E-state index contributed by atoms with van der Waals surface area (Å²) in [4.78, 5) is 12.8. The van der Waals surface area contributed by atoms with Gasteiger partial charge in [-0.05, 0) is 122 Å². The molecule has 0 aromatic heterocycles. The molecule has 5 saturated carbocycles. The first-order valence-electron chi connectivity index (χ1n) is 14.0. The molecule has 1 heteroatoms. The van der Waals surface area contributed by atoms with E-state index in [1.54, 1.807) is 0 Å². The van der Waals surface area contributed by atoms with Crippen LogP contribution in [0.5, 0.6) is 0 Å². The lowest BCUT2D eigenvalue weighted by Gasteiger charge is -2.62. The van der Waals surface area contributed by atoms with Crippen LogP contribution in [-0.2, 0) is 4.79 Å². The Balaban J connectivity index is 1.39. The van der Waals surface area contributed by atoms with Crippen LogP contribution < -0.4 is 0 Å². The van der Waals surface area contributed by atoms with Crippen LogP contribution in [-0.4, -0.2) is 5.78 Å². The van der Waals surface area contributed by atoms with Crippen LogP contribution in [0.2, 0.25) is 0 Å². The van der Waals surface area contributed by atoms with Gasteiger partial charge in [-0.3, -0.25) is 4.79 Å². The molecule has 180 valence electrons. The van der Waals surface area contributed by atoms with Crippen molar-refractivity contribution in [1.29, 1.82) is 0 Å². The molecule has 0 N–H and O–H groups in total. The predicted molar refractivity (Wildman–Crippen MR) is 134 cm³/mol. The highest BCUT2D eigenvalue weighted by atomic mass is 16.1. The molecule has 0 heterocycles. The van der Waals surface area contributed by atoms with Crippen molar-refractivity contribution < 1.29 is 4.79 Å². The van der Waals surface area contributed by atoms with Gasteiger partial charge >= 0.3 is 0 Å². The van der Waals surface area contributed by atoms with Crippen molar-refractivity contribution in [3.63, 3.8) is 0 Å². The monoisotopic (exact) mass is 438 g/mol. The van der Waals surface area contributed by atoms with Crippen LogP contribution in [0.15, 0.2) is 12.2 Å². The zero-order valence-corrected chi connectivity index (χ0v) is 22.3. The third-order valence-electron chi connectivity index (χ3n) is 13.5. The van der Waals surface area contributed by atoms with E-state index < -0.39 is 0 Å². The standard InChI is InChI=1S/C31H50O/c1-20(2)21(3)9-10-22(4)23-13-15-29(8)25-12-11-24-27(5,6)26(32)14-16-30(24)19-31(25,30)18-17-28(23,29)7/h21-25H,1,9-19H2,2-8H3/t21-,22-,23-,24+,25+,28-,29+,30-,31+/m1/s1. The van der Waals surface area contributed by atoms with Crippen LogP contribution in [0.1, 0.15) is 119 Å². The molecule has 0 bridgehead atoms. The molecule has 0 aliphatic heterocycles. The number of hydrogen-bond donors (Lipinski definition) is 0. The molecule has 0 amide bonds. The number of Topliss-reactive ketones (excluding diaryl/α,β-unsaturated/α-hetero) is 1. The fraction of sp³-hybridized carbons (Fsp3) is 0.903. The number of rotatable bonds is 5. The number of fused-ring (bicyclic) bond motifs is 2. The Labute approximate surface area is 198 Å². The Kier molecular flexibility index (Phi) is 5.05. The molecular formula is C31H50O. The Bertz CT molecular complexity index is 822.